The van der Waals surface area contributed by atoms with Crippen molar-refractivity contribution < 1.29 is 55.5 Å². The summed E-state index contributed by atoms with van der Waals surface area (Å²) >= 11 is 1.56. The molecule has 3 N–H and O–H groups in total. The van der Waals surface area contributed by atoms with Crippen molar-refractivity contribution in [2.24, 2.45) is 5.92 Å². The van der Waals surface area contributed by atoms with Crippen molar-refractivity contribution >= 4 is 52.3 Å². The van der Waals surface area contributed by atoms with Crippen LogP contribution in [-0.4, -0.2) is 147 Å². The Bertz CT molecular complexity index is 3290. The number of ether oxygens (including phenoxy) is 1. The number of aliphatic hydroxyl groups excluding tert-OH is 1. The molecule has 0 spiro atoms. The molecule has 4 amide bonds. The zero-order chi connectivity index (χ0) is 60.1. The molecule has 0 saturated carbocycles. The number of anilines is 3. The first kappa shape index (κ1) is 61.0. The lowest BCUT2D eigenvalue weighted by Gasteiger charge is -2.44. The van der Waals surface area contributed by atoms with Crippen LogP contribution in [0.4, 0.5) is 39.3 Å². The minimum Gasteiger partial charge on any atom is -0.476 e. The maximum Gasteiger partial charge on any atom is 0.417 e. The van der Waals surface area contributed by atoms with Gasteiger partial charge in [0.15, 0.2) is 5.76 Å². The molecule has 0 aliphatic carbocycles. The first-order valence-corrected chi connectivity index (χ1v) is 29.1. The molecule has 0 bridgehead atoms. The maximum atomic E-state index is 16.2. The van der Waals surface area contributed by atoms with Crippen LogP contribution >= 0.6 is 11.3 Å². The third kappa shape index (κ3) is 14.0. The third-order valence-electron chi connectivity index (χ3n) is 16.1. The summed E-state index contributed by atoms with van der Waals surface area (Å²) in [5.41, 5.74) is 3.02. The van der Waals surface area contributed by atoms with E-state index >= 15 is 4.39 Å². The Balaban J connectivity index is 0.735. The maximum absolute atomic E-state index is 16.2. The van der Waals surface area contributed by atoms with Gasteiger partial charge in [-0.25, -0.2) is 23.7 Å². The number of β-amino-alcohol motifs (C(OH)–C–C–N with tert-alkyl or cyclic N) is 1. The summed E-state index contributed by atoms with van der Waals surface area (Å²) in [5.74, 6) is -3.88. The summed E-state index contributed by atoms with van der Waals surface area (Å²) in [6.07, 6.45) is -0.687. The van der Waals surface area contributed by atoms with E-state index in [4.69, 9.17) is 9.26 Å². The summed E-state index contributed by atoms with van der Waals surface area (Å²) in [4.78, 5) is 78.4. The number of rotatable bonds is 19. The molecular formula is C60H70F5N11O7S. The van der Waals surface area contributed by atoms with Crippen LogP contribution in [0.2, 0.25) is 0 Å². The van der Waals surface area contributed by atoms with E-state index in [1.807, 2.05) is 88.2 Å². The number of likely N-dealkylation sites (N-methyl/N-ethyl adjacent to an activating group) is 1. The van der Waals surface area contributed by atoms with E-state index in [0.717, 1.165) is 33.8 Å². The summed E-state index contributed by atoms with van der Waals surface area (Å²) < 4.78 is 83.7. The number of nitrogens with one attached hydrogen (secondary N) is 2. The second-order valence-electron chi connectivity index (χ2n) is 22.4. The second kappa shape index (κ2) is 26.1. The summed E-state index contributed by atoms with van der Waals surface area (Å²) in [6, 6.07) is 12.7. The number of piperazine rings is 2. The van der Waals surface area contributed by atoms with Crippen molar-refractivity contribution in [3.05, 3.63) is 118 Å². The quantitative estimate of drug-likeness (QED) is 0.0511. The number of hydrogen-bond donors (Lipinski definition) is 3. The highest BCUT2D eigenvalue weighted by Gasteiger charge is 2.44. The molecule has 84 heavy (non-hydrogen) atoms. The molecule has 0 radical (unpaired) electrons. The highest BCUT2D eigenvalue weighted by Crippen LogP contribution is 2.39. The van der Waals surface area contributed by atoms with Crippen LogP contribution in [0.15, 0.2) is 83.1 Å². The van der Waals surface area contributed by atoms with E-state index in [-0.39, 0.29) is 94.9 Å². The number of aliphatic hydroxyl groups is 1. The van der Waals surface area contributed by atoms with E-state index in [1.54, 1.807) is 22.3 Å². The average molecular weight is 1180 g/mol. The van der Waals surface area contributed by atoms with Crippen LogP contribution in [0.1, 0.15) is 112 Å². The second-order valence-corrected chi connectivity index (χ2v) is 23.2. The number of carbonyl (C=O) groups excluding carboxylic acids is 4. The lowest BCUT2D eigenvalue weighted by molar-refractivity contribution is -0.141. The normalized spacial score (nSPS) is 19.4. The Morgan fingerprint density at radius 2 is 1.56 bits per heavy atom. The van der Waals surface area contributed by atoms with Gasteiger partial charge < -0.3 is 44.6 Å². The molecule has 18 nitrogen and oxygen atoms in total. The Kier molecular flexibility index (Phi) is 19.0. The fourth-order valence-electron chi connectivity index (χ4n) is 11.2. The van der Waals surface area contributed by atoms with Gasteiger partial charge in [-0.05, 0) is 107 Å². The van der Waals surface area contributed by atoms with Crippen molar-refractivity contribution in [1.29, 1.82) is 0 Å². The van der Waals surface area contributed by atoms with Gasteiger partial charge in [-0.15, -0.1) is 11.3 Å². The van der Waals surface area contributed by atoms with Gasteiger partial charge in [0.1, 0.15) is 23.6 Å². The van der Waals surface area contributed by atoms with Crippen molar-refractivity contribution in [3.63, 3.8) is 0 Å². The predicted octanol–water partition coefficient (Wildman–Crippen LogP) is 9.51. The average Bonchev–Trinajstić information content (AvgIpc) is 2.76. The molecule has 3 aromatic heterocycles. The third-order valence-corrected chi connectivity index (χ3v) is 17.1. The van der Waals surface area contributed by atoms with E-state index in [9.17, 15) is 41.8 Å². The number of alkyl halides is 3. The lowest BCUT2D eigenvalue weighted by Crippen LogP contribution is -2.55. The van der Waals surface area contributed by atoms with Crippen LogP contribution in [0, 0.1) is 24.5 Å². The number of aryl methyl sites for hydroxylation is 1. The number of benzene rings is 3. The van der Waals surface area contributed by atoms with Crippen LogP contribution in [0.3, 0.4) is 0 Å². The fourth-order valence-corrected chi connectivity index (χ4v) is 12.0. The largest absolute Gasteiger partial charge is 0.476 e. The number of hydrogen-bond acceptors (Lipinski definition) is 15. The van der Waals surface area contributed by atoms with Gasteiger partial charge in [0.05, 0.1) is 57.3 Å². The van der Waals surface area contributed by atoms with Gasteiger partial charge in [0.2, 0.25) is 23.7 Å². The first-order chi connectivity index (χ1) is 40.0. The van der Waals surface area contributed by atoms with Crippen molar-refractivity contribution in [1.82, 2.24) is 40.1 Å². The molecule has 6 heterocycles. The zero-order valence-electron chi connectivity index (χ0n) is 48.0. The molecule has 24 heteroatoms. The van der Waals surface area contributed by atoms with Crippen molar-refractivity contribution in [2.75, 3.05) is 74.6 Å². The molecule has 6 aromatic rings. The Morgan fingerprint density at radius 1 is 0.857 bits per heavy atom. The molecule has 3 aliphatic heterocycles. The predicted molar refractivity (Wildman–Crippen MR) is 307 cm³/mol. The van der Waals surface area contributed by atoms with Crippen LogP contribution in [0.5, 0.6) is 5.88 Å². The molecule has 448 valence electrons. The van der Waals surface area contributed by atoms with Gasteiger partial charge in [-0.3, -0.25) is 24.1 Å². The van der Waals surface area contributed by atoms with Gasteiger partial charge in [0, 0.05) is 100 Å². The smallest absolute Gasteiger partial charge is 0.417 e. The van der Waals surface area contributed by atoms with E-state index < -0.39 is 52.9 Å². The number of unbranched alkanes of at least 4 members (excludes halogenated alkanes) is 2. The number of thiazole rings is 1. The van der Waals surface area contributed by atoms with Gasteiger partial charge >= 0.3 is 6.18 Å². The molecule has 9 rings (SSSR count). The molecular weight excluding hydrogens is 1110 g/mol. The number of halogens is 5. The van der Waals surface area contributed by atoms with Crippen LogP contribution < -0.4 is 25.2 Å². The molecule has 6 atom stereocenters. The molecule has 3 aromatic carbocycles. The van der Waals surface area contributed by atoms with Crippen molar-refractivity contribution in [2.45, 2.75) is 116 Å². The minimum absolute atomic E-state index is 0.000495. The van der Waals surface area contributed by atoms with Crippen LogP contribution in [0.25, 0.3) is 21.6 Å². The summed E-state index contributed by atoms with van der Waals surface area (Å²) in [6.45, 7) is 14.4. The lowest BCUT2D eigenvalue weighted by atomic mass is 9.91. The SMILES string of the molecule is Cc1ncsc1-c1ccc([C@H](C)NC(=O)[C@@H]2C[C@@H](O)CN2C(=O)C(c2cc(OCCCCCC(=O)N3CCN(c4ncc(-c5cc(NC(=O)c6ccc(F)cc6C(F)(F)F)c(N6C[C@@H](C)N(C)[C@@H](C)C6)cc5F)cn4)CC3)no2)C(C)C)cc1. The minimum atomic E-state index is -5.02. The molecule has 3 aliphatic rings. The Morgan fingerprint density at radius 3 is 2.21 bits per heavy atom. The number of amides is 4. The van der Waals surface area contributed by atoms with Gasteiger partial charge in [-0.2, -0.15) is 13.2 Å². The Labute approximate surface area is 488 Å². The summed E-state index contributed by atoms with van der Waals surface area (Å²) in [5, 5.41) is 20.4. The van der Waals surface area contributed by atoms with E-state index in [2.05, 4.69) is 35.6 Å². The molecule has 3 fully saturated rings. The number of carbonyl (C=O) groups is 4. The Hall–Kier alpha value is -7.57. The van der Waals surface area contributed by atoms with E-state index in [0.29, 0.717) is 77.5 Å². The van der Waals surface area contributed by atoms with Gasteiger partial charge in [-0.1, -0.05) is 38.1 Å². The zero-order valence-corrected chi connectivity index (χ0v) is 48.8. The number of likely N-dealkylation sites (tertiary alicyclic amines) is 1. The number of aromatic nitrogens is 4. The highest BCUT2D eigenvalue weighted by molar-refractivity contribution is 7.13. The van der Waals surface area contributed by atoms with Crippen LogP contribution in [-0.2, 0) is 20.6 Å². The first-order valence-electron chi connectivity index (χ1n) is 28.3. The summed E-state index contributed by atoms with van der Waals surface area (Å²) in [7, 11) is 1.96. The fraction of sp³-hybridized carbons (Fsp3) is 0.467. The monoisotopic (exact) mass is 1180 g/mol. The topological polar surface area (TPSA) is 203 Å². The molecule has 1 unspecified atom stereocenters. The molecule has 3 saturated heterocycles. The number of nitrogens with zero attached hydrogens (tertiary/aromatic N) is 9. The van der Waals surface area contributed by atoms with E-state index in [1.165, 1.54) is 29.4 Å². The standard InChI is InChI=1S/C60H70F5N11O7S/c1-34(2)54(58(81)76-32-43(77)24-50(76)57(80)69-37(5)39-12-14-40(15-13-39)55-38(6)68-33-84-55)51-27-52(71-83-51)82-22-10-8-9-11-53(78)73-18-20-74(21-19-73)59-66-28-41(29-67-59)45-25-48(49(26-47(45)62)75-30-35(3)72(7)36(4)31-75)70-56(79)44-17-16-42(61)23-46(44)60(63,64)65/h12-17,23,25-29,33-37,43,50,54,77H,8-11,18-22,24,30-32H2,1-7H3,(H,69,80)(H,70,79)/t35-,36+,37-,43+,50-,54?/m0/s1. The van der Waals surface area contributed by atoms with Gasteiger partial charge in [0.25, 0.3) is 11.8 Å². The highest BCUT2D eigenvalue weighted by atomic mass is 32.1. The van der Waals surface area contributed by atoms with Crippen molar-refractivity contribution in [3.8, 4) is 27.4 Å².